The predicted octanol–water partition coefficient (Wildman–Crippen LogP) is 3.10. The highest BCUT2D eigenvalue weighted by atomic mass is 32.1. The molecule has 1 saturated heterocycles. The number of thiophene rings is 1. The Morgan fingerprint density at radius 2 is 2.03 bits per heavy atom. The van der Waals surface area contributed by atoms with Crippen molar-refractivity contribution in [2.24, 2.45) is 11.8 Å². The molecule has 3 atom stereocenters. The number of amides is 4. The molecule has 9 heteroatoms. The summed E-state index contributed by atoms with van der Waals surface area (Å²) in [5.74, 6) is -0.761. The van der Waals surface area contributed by atoms with Crippen LogP contribution in [0.2, 0.25) is 0 Å². The normalized spacial score (nSPS) is 27.8. The Morgan fingerprint density at radius 1 is 1.26 bits per heavy atom. The molecule has 2 fully saturated rings. The molecule has 31 heavy (non-hydrogen) atoms. The molecule has 2 heterocycles. The minimum absolute atomic E-state index is 0.0303. The number of ether oxygens (including phenoxy) is 1. The van der Waals surface area contributed by atoms with Crippen LogP contribution < -0.4 is 10.6 Å². The molecule has 4 rings (SSSR count). The number of nitrogens with one attached hydrogen (secondary N) is 2. The Bertz CT molecular complexity index is 942. The van der Waals surface area contributed by atoms with Crippen LogP contribution in [-0.4, -0.2) is 47.9 Å². The molecule has 8 nitrogen and oxygen atoms in total. The highest BCUT2D eigenvalue weighted by molar-refractivity contribution is 7.17. The van der Waals surface area contributed by atoms with Gasteiger partial charge in [-0.1, -0.05) is 26.7 Å². The maximum Gasteiger partial charge on any atom is 0.341 e. The third-order valence-electron chi connectivity index (χ3n) is 6.96. The first-order chi connectivity index (χ1) is 14.8. The van der Waals surface area contributed by atoms with Crippen LogP contribution in [0.15, 0.2) is 0 Å². The summed E-state index contributed by atoms with van der Waals surface area (Å²) in [7, 11) is 1.32. The number of nitrogens with zero attached hydrogens (tertiary/aromatic N) is 1. The summed E-state index contributed by atoms with van der Waals surface area (Å²) in [5.41, 5.74) is 0.442. The molecule has 0 radical (unpaired) electrons. The summed E-state index contributed by atoms with van der Waals surface area (Å²) in [6.07, 6.45) is 5.97. The third kappa shape index (κ3) is 3.73. The van der Waals surface area contributed by atoms with E-state index in [0.717, 1.165) is 53.9 Å². The lowest BCUT2D eigenvalue weighted by Gasteiger charge is -2.36. The molecule has 168 valence electrons. The zero-order valence-corrected chi connectivity index (χ0v) is 19.0. The van der Waals surface area contributed by atoms with Crippen LogP contribution in [0.5, 0.6) is 0 Å². The predicted molar refractivity (Wildman–Crippen MR) is 116 cm³/mol. The van der Waals surface area contributed by atoms with E-state index < -0.39 is 23.4 Å². The molecule has 0 aromatic carbocycles. The molecular formula is C22H29N3O5S. The minimum atomic E-state index is -0.898. The van der Waals surface area contributed by atoms with Gasteiger partial charge in [0.15, 0.2) is 0 Å². The van der Waals surface area contributed by atoms with Gasteiger partial charge in [0.2, 0.25) is 5.91 Å². The van der Waals surface area contributed by atoms with Crippen LogP contribution >= 0.6 is 11.3 Å². The number of carbonyl (C=O) groups excluding carboxylic acids is 4. The van der Waals surface area contributed by atoms with Gasteiger partial charge >= 0.3 is 12.0 Å². The van der Waals surface area contributed by atoms with Gasteiger partial charge in [0.05, 0.1) is 12.7 Å². The summed E-state index contributed by atoms with van der Waals surface area (Å²) in [6, 6.07) is -0.526. The molecule has 2 N–H and O–H groups in total. The Morgan fingerprint density at radius 3 is 2.74 bits per heavy atom. The smallest absolute Gasteiger partial charge is 0.341 e. The summed E-state index contributed by atoms with van der Waals surface area (Å²) in [6.45, 7) is 3.76. The maximum absolute atomic E-state index is 13.1. The molecule has 3 aliphatic rings. The van der Waals surface area contributed by atoms with Gasteiger partial charge in [0.25, 0.3) is 5.91 Å². The van der Waals surface area contributed by atoms with Crippen LogP contribution in [-0.2, 0) is 27.2 Å². The first-order valence-corrected chi connectivity index (χ1v) is 11.7. The van der Waals surface area contributed by atoms with Gasteiger partial charge in [0.1, 0.15) is 17.1 Å². The zero-order chi connectivity index (χ0) is 22.3. The highest BCUT2D eigenvalue weighted by Gasteiger charge is 2.55. The summed E-state index contributed by atoms with van der Waals surface area (Å²) >= 11 is 1.38. The largest absolute Gasteiger partial charge is 0.465 e. The number of carbonyl (C=O) groups is 4. The second-order valence-corrected chi connectivity index (χ2v) is 10.1. The number of urea groups is 1. The number of esters is 1. The Balaban J connectivity index is 1.52. The Labute approximate surface area is 185 Å². The van der Waals surface area contributed by atoms with Gasteiger partial charge < -0.3 is 15.4 Å². The van der Waals surface area contributed by atoms with E-state index in [0.29, 0.717) is 22.9 Å². The fourth-order valence-corrected chi connectivity index (χ4v) is 6.52. The van der Waals surface area contributed by atoms with E-state index in [-0.39, 0.29) is 18.4 Å². The average Bonchev–Trinajstić information content (AvgIpc) is 3.19. The van der Waals surface area contributed by atoms with E-state index in [1.165, 1.54) is 18.4 Å². The number of imide groups is 1. The molecule has 1 aliphatic heterocycles. The van der Waals surface area contributed by atoms with Crippen molar-refractivity contribution in [1.29, 1.82) is 0 Å². The van der Waals surface area contributed by atoms with Crippen molar-refractivity contribution in [2.75, 3.05) is 19.0 Å². The molecule has 1 aromatic heterocycles. The van der Waals surface area contributed by atoms with E-state index in [9.17, 15) is 19.2 Å². The van der Waals surface area contributed by atoms with E-state index in [2.05, 4.69) is 17.6 Å². The van der Waals surface area contributed by atoms with Crippen molar-refractivity contribution in [2.45, 2.75) is 64.3 Å². The van der Waals surface area contributed by atoms with Crippen molar-refractivity contribution in [1.82, 2.24) is 10.2 Å². The lowest BCUT2D eigenvalue weighted by molar-refractivity contribution is -0.136. The van der Waals surface area contributed by atoms with Crippen molar-refractivity contribution in [3.8, 4) is 0 Å². The second-order valence-electron chi connectivity index (χ2n) is 9.04. The topological polar surface area (TPSA) is 105 Å². The van der Waals surface area contributed by atoms with E-state index in [1.54, 1.807) is 0 Å². The van der Waals surface area contributed by atoms with Crippen LogP contribution in [0.25, 0.3) is 0 Å². The lowest BCUT2D eigenvalue weighted by atomic mass is 9.73. The second kappa shape index (κ2) is 8.26. The molecular weight excluding hydrogens is 418 g/mol. The Hall–Kier alpha value is -2.42. The maximum atomic E-state index is 13.1. The SMILES string of the molecule is COC(=O)c1c(NC(=O)CN2C(=O)NC3(CCCCC3C)C2=O)sc2c1CCC(C)C2. The number of rotatable bonds is 4. The zero-order valence-electron chi connectivity index (χ0n) is 18.2. The molecule has 1 aromatic rings. The van der Waals surface area contributed by atoms with Gasteiger partial charge in [-0.15, -0.1) is 11.3 Å². The lowest BCUT2D eigenvalue weighted by Crippen LogP contribution is -2.54. The quantitative estimate of drug-likeness (QED) is 0.545. The molecule has 4 amide bonds. The van der Waals surface area contributed by atoms with Crippen molar-refractivity contribution < 1.29 is 23.9 Å². The summed E-state index contributed by atoms with van der Waals surface area (Å²) < 4.78 is 4.95. The third-order valence-corrected chi connectivity index (χ3v) is 8.13. The first-order valence-electron chi connectivity index (χ1n) is 10.9. The fraction of sp³-hybridized carbons (Fsp3) is 0.636. The summed E-state index contributed by atoms with van der Waals surface area (Å²) in [5, 5.41) is 6.06. The van der Waals surface area contributed by atoms with Crippen LogP contribution in [0, 0.1) is 11.8 Å². The molecule has 1 spiro atoms. The van der Waals surface area contributed by atoms with Gasteiger partial charge in [-0.2, -0.15) is 0 Å². The number of methoxy groups -OCH3 is 1. The van der Waals surface area contributed by atoms with Crippen molar-refractivity contribution >= 4 is 40.2 Å². The van der Waals surface area contributed by atoms with E-state index >= 15 is 0 Å². The monoisotopic (exact) mass is 447 g/mol. The van der Waals surface area contributed by atoms with Gasteiger partial charge in [-0.25, -0.2) is 9.59 Å². The minimum Gasteiger partial charge on any atom is -0.465 e. The fourth-order valence-electron chi connectivity index (χ4n) is 5.11. The molecule has 3 unspecified atom stereocenters. The first kappa shape index (κ1) is 21.8. The van der Waals surface area contributed by atoms with E-state index in [4.69, 9.17) is 4.74 Å². The van der Waals surface area contributed by atoms with Crippen molar-refractivity contribution in [3.05, 3.63) is 16.0 Å². The molecule has 0 bridgehead atoms. The van der Waals surface area contributed by atoms with Crippen LogP contribution in [0.4, 0.5) is 9.80 Å². The van der Waals surface area contributed by atoms with Crippen LogP contribution in [0.1, 0.15) is 66.8 Å². The summed E-state index contributed by atoms with van der Waals surface area (Å²) in [4.78, 5) is 53.0. The number of fused-ring (bicyclic) bond motifs is 1. The molecule has 1 saturated carbocycles. The standard InChI is InChI=1S/C22H29N3O5S/c1-12-7-8-14-15(10-12)31-18(17(14)19(27)30-3)23-16(26)11-25-20(28)22(24-21(25)29)9-5-4-6-13(22)2/h12-13H,4-11H2,1-3H3,(H,23,26)(H,24,29). The average molecular weight is 448 g/mol. The van der Waals surface area contributed by atoms with E-state index in [1.807, 2.05) is 6.92 Å². The highest BCUT2D eigenvalue weighted by Crippen LogP contribution is 2.41. The number of hydrogen-bond donors (Lipinski definition) is 2. The number of hydrogen-bond acceptors (Lipinski definition) is 6. The number of anilines is 1. The van der Waals surface area contributed by atoms with Crippen LogP contribution in [0.3, 0.4) is 0 Å². The van der Waals surface area contributed by atoms with Gasteiger partial charge in [-0.3, -0.25) is 14.5 Å². The van der Waals surface area contributed by atoms with Gasteiger partial charge in [-0.05, 0) is 49.5 Å². The van der Waals surface area contributed by atoms with Crippen molar-refractivity contribution in [3.63, 3.8) is 0 Å². The Kier molecular flexibility index (Phi) is 5.81. The molecule has 2 aliphatic carbocycles. The van der Waals surface area contributed by atoms with Gasteiger partial charge in [0, 0.05) is 4.88 Å².